The molecule has 11 heavy (non-hydrogen) atoms. The highest BCUT2D eigenvalue weighted by molar-refractivity contribution is 7.98. The van der Waals surface area contributed by atoms with Gasteiger partial charge in [0, 0.05) is 18.8 Å². The Labute approximate surface area is 74.0 Å². The van der Waals surface area contributed by atoms with E-state index in [1.165, 1.54) is 0 Å². The van der Waals surface area contributed by atoms with Gasteiger partial charge in [0.2, 0.25) is 0 Å². The fourth-order valence-electron chi connectivity index (χ4n) is 0.987. The van der Waals surface area contributed by atoms with Gasteiger partial charge in [-0.3, -0.25) is 0 Å². The number of rotatable bonds is 5. The van der Waals surface area contributed by atoms with Gasteiger partial charge in [0.05, 0.1) is 5.60 Å². The molecule has 0 aliphatic carbocycles. The normalized spacial score (nSPS) is 12.5. The standard InChI is InChI=1S/C8H19NOS/c1-8(2,10)7-9(3)5-6-11-4/h10H,5-7H2,1-4H3. The zero-order valence-electron chi connectivity index (χ0n) is 7.92. The van der Waals surface area contributed by atoms with Crippen LogP contribution in [0.3, 0.4) is 0 Å². The molecule has 0 bridgehead atoms. The third-order valence-electron chi connectivity index (χ3n) is 1.33. The third kappa shape index (κ3) is 8.17. The number of nitrogens with zero attached hydrogens (tertiary/aromatic N) is 1. The molecule has 0 unspecified atom stereocenters. The van der Waals surface area contributed by atoms with E-state index < -0.39 is 5.60 Å². The van der Waals surface area contributed by atoms with Crippen LogP contribution in [0.4, 0.5) is 0 Å². The van der Waals surface area contributed by atoms with Crippen molar-refractivity contribution in [2.24, 2.45) is 0 Å². The van der Waals surface area contributed by atoms with Gasteiger partial charge in [0.25, 0.3) is 0 Å². The van der Waals surface area contributed by atoms with Crippen LogP contribution < -0.4 is 0 Å². The topological polar surface area (TPSA) is 23.5 Å². The van der Waals surface area contributed by atoms with E-state index in [1.807, 2.05) is 32.7 Å². The number of hydrogen-bond acceptors (Lipinski definition) is 3. The summed E-state index contributed by atoms with van der Waals surface area (Å²) in [4.78, 5) is 2.15. The van der Waals surface area contributed by atoms with Crippen molar-refractivity contribution in [2.45, 2.75) is 19.4 Å². The van der Waals surface area contributed by atoms with Crippen LogP contribution in [-0.4, -0.2) is 47.8 Å². The SMILES string of the molecule is CSCCN(C)CC(C)(C)O. The summed E-state index contributed by atoms with van der Waals surface area (Å²) in [7, 11) is 2.04. The fraction of sp³-hybridized carbons (Fsp3) is 1.00. The molecule has 0 saturated heterocycles. The minimum Gasteiger partial charge on any atom is -0.389 e. The van der Waals surface area contributed by atoms with E-state index in [1.54, 1.807) is 0 Å². The Morgan fingerprint density at radius 1 is 1.45 bits per heavy atom. The Kier molecular flexibility index (Phi) is 5.13. The van der Waals surface area contributed by atoms with E-state index in [9.17, 15) is 5.11 Å². The molecule has 0 radical (unpaired) electrons. The van der Waals surface area contributed by atoms with Crippen LogP contribution in [-0.2, 0) is 0 Å². The summed E-state index contributed by atoms with van der Waals surface area (Å²) in [6, 6.07) is 0. The molecule has 0 aliphatic rings. The van der Waals surface area contributed by atoms with Crippen molar-refractivity contribution in [3.05, 3.63) is 0 Å². The Balaban J connectivity index is 3.44. The van der Waals surface area contributed by atoms with Gasteiger partial charge >= 0.3 is 0 Å². The number of thioether (sulfide) groups is 1. The summed E-state index contributed by atoms with van der Waals surface area (Å²) < 4.78 is 0. The lowest BCUT2D eigenvalue weighted by atomic mass is 10.1. The van der Waals surface area contributed by atoms with Gasteiger partial charge < -0.3 is 10.0 Å². The second-order valence-electron chi connectivity index (χ2n) is 3.54. The van der Waals surface area contributed by atoms with Crippen molar-refractivity contribution >= 4 is 11.8 Å². The summed E-state index contributed by atoms with van der Waals surface area (Å²) >= 11 is 1.83. The largest absolute Gasteiger partial charge is 0.389 e. The number of likely N-dealkylation sites (N-methyl/N-ethyl adjacent to an activating group) is 1. The maximum absolute atomic E-state index is 9.44. The van der Waals surface area contributed by atoms with Crippen molar-refractivity contribution in [1.29, 1.82) is 0 Å². The first-order chi connectivity index (χ1) is 4.95. The molecule has 0 heterocycles. The monoisotopic (exact) mass is 177 g/mol. The molecular formula is C8H19NOS. The van der Waals surface area contributed by atoms with Gasteiger partial charge in [-0.1, -0.05) is 0 Å². The molecule has 0 rings (SSSR count). The van der Waals surface area contributed by atoms with Crippen LogP contribution in [0.5, 0.6) is 0 Å². The van der Waals surface area contributed by atoms with E-state index in [4.69, 9.17) is 0 Å². The maximum atomic E-state index is 9.44. The Morgan fingerprint density at radius 3 is 2.36 bits per heavy atom. The molecule has 0 amide bonds. The van der Waals surface area contributed by atoms with Crippen LogP contribution >= 0.6 is 11.8 Å². The molecular weight excluding hydrogens is 158 g/mol. The average Bonchev–Trinajstić information content (AvgIpc) is 1.79. The molecule has 3 heteroatoms. The van der Waals surface area contributed by atoms with Crippen LogP contribution in [0.15, 0.2) is 0 Å². The molecule has 2 nitrogen and oxygen atoms in total. The van der Waals surface area contributed by atoms with Gasteiger partial charge in [-0.15, -0.1) is 0 Å². The highest BCUT2D eigenvalue weighted by Crippen LogP contribution is 2.03. The van der Waals surface area contributed by atoms with E-state index in [0.717, 1.165) is 18.8 Å². The van der Waals surface area contributed by atoms with Gasteiger partial charge in [0.1, 0.15) is 0 Å². The van der Waals surface area contributed by atoms with Crippen LogP contribution in [0, 0.1) is 0 Å². The molecule has 0 atom stereocenters. The van der Waals surface area contributed by atoms with E-state index in [2.05, 4.69) is 11.2 Å². The lowest BCUT2D eigenvalue weighted by molar-refractivity contribution is 0.0465. The highest BCUT2D eigenvalue weighted by atomic mass is 32.2. The highest BCUT2D eigenvalue weighted by Gasteiger charge is 2.14. The zero-order valence-corrected chi connectivity index (χ0v) is 8.74. The third-order valence-corrected chi connectivity index (χ3v) is 1.92. The van der Waals surface area contributed by atoms with Crippen LogP contribution in [0.1, 0.15) is 13.8 Å². The fourth-order valence-corrected chi connectivity index (χ4v) is 1.48. The molecule has 0 aromatic heterocycles. The summed E-state index contributed by atoms with van der Waals surface area (Å²) in [5.41, 5.74) is -0.562. The summed E-state index contributed by atoms with van der Waals surface area (Å²) in [6.45, 7) is 5.46. The number of aliphatic hydroxyl groups is 1. The predicted octanol–water partition coefficient (Wildman–Crippen LogP) is 1.05. The van der Waals surface area contributed by atoms with Crippen LogP contribution in [0.25, 0.3) is 0 Å². The van der Waals surface area contributed by atoms with Crippen molar-refractivity contribution in [3.63, 3.8) is 0 Å². The van der Waals surface area contributed by atoms with Crippen molar-refractivity contribution < 1.29 is 5.11 Å². The first-order valence-electron chi connectivity index (χ1n) is 3.85. The van der Waals surface area contributed by atoms with E-state index in [-0.39, 0.29) is 0 Å². The predicted molar refractivity (Wildman–Crippen MR) is 52.2 cm³/mol. The second kappa shape index (κ2) is 5.01. The van der Waals surface area contributed by atoms with Gasteiger partial charge in [-0.25, -0.2) is 0 Å². The summed E-state index contributed by atoms with van der Waals surface area (Å²) in [5.74, 6) is 1.13. The van der Waals surface area contributed by atoms with Gasteiger partial charge in [0.15, 0.2) is 0 Å². The molecule has 68 valence electrons. The first kappa shape index (κ1) is 11.3. The summed E-state index contributed by atoms with van der Waals surface area (Å²) in [6.07, 6.45) is 2.10. The average molecular weight is 177 g/mol. The minimum atomic E-state index is -0.562. The van der Waals surface area contributed by atoms with Crippen LogP contribution in [0.2, 0.25) is 0 Å². The maximum Gasteiger partial charge on any atom is 0.0718 e. The lowest BCUT2D eigenvalue weighted by Crippen LogP contribution is -2.37. The molecule has 0 spiro atoms. The van der Waals surface area contributed by atoms with Gasteiger partial charge in [-0.2, -0.15) is 11.8 Å². The van der Waals surface area contributed by atoms with Crippen molar-refractivity contribution in [1.82, 2.24) is 4.90 Å². The second-order valence-corrected chi connectivity index (χ2v) is 4.53. The zero-order chi connectivity index (χ0) is 8.91. The molecule has 0 aromatic carbocycles. The number of hydrogen-bond donors (Lipinski definition) is 1. The Bertz CT molecular complexity index is 101. The molecule has 0 saturated carbocycles. The molecule has 0 aliphatic heterocycles. The Hall–Kier alpha value is 0.270. The smallest absolute Gasteiger partial charge is 0.0718 e. The molecule has 1 N–H and O–H groups in total. The first-order valence-corrected chi connectivity index (χ1v) is 5.25. The van der Waals surface area contributed by atoms with Crippen molar-refractivity contribution in [2.75, 3.05) is 32.1 Å². The quantitative estimate of drug-likeness (QED) is 0.679. The summed E-state index contributed by atoms with van der Waals surface area (Å²) in [5, 5.41) is 9.44. The van der Waals surface area contributed by atoms with E-state index in [0.29, 0.717) is 0 Å². The molecule has 0 fully saturated rings. The van der Waals surface area contributed by atoms with Crippen molar-refractivity contribution in [3.8, 4) is 0 Å². The van der Waals surface area contributed by atoms with E-state index >= 15 is 0 Å². The Morgan fingerprint density at radius 2 is 2.00 bits per heavy atom. The lowest BCUT2D eigenvalue weighted by Gasteiger charge is -2.24. The van der Waals surface area contributed by atoms with Gasteiger partial charge in [-0.05, 0) is 27.2 Å². The molecule has 0 aromatic rings. The minimum absolute atomic E-state index is 0.562.